The number of hydrogen-bond acceptors (Lipinski definition) is 6. The third-order valence-electron chi connectivity index (χ3n) is 3.82. The van der Waals surface area contributed by atoms with Crippen LogP contribution in [0.4, 0.5) is 0 Å². The monoisotopic (exact) mass is 282 g/mol. The van der Waals surface area contributed by atoms with Crippen molar-refractivity contribution in [2.45, 2.75) is 40.3 Å². The minimum Gasteiger partial charge on any atom is -0.424 e. The molecule has 6 nitrogen and oxygen atoms in total. The number of nitrogens with zero attached hydrogens (tertiary/aromatic N) is 4. The van der Waals surface area contributed by atoms with Gasteiger partial charge < -0.3 is 9.52 Å². The molecule has 20 heavy (non-hydrogen) atoms. The van der Waals surface area contributed by atoms with E-state index in [0.29, 0.717) is 11.8 Å². The summed E-state index contributed by atoms with van der Waals surface area (Å²) in [6.45, 7) is 13.4. The van der Waals surface area contributed by atoms with Crippen molar-refractivity contribution < 1.29 is 9.52 Å². The van der Waals surface area contributed by atoms with Crippen LogP contribution >= 0.6 is 0 Å². The first kappa shape index (κ1) is 15.4. The molecular formula is C14H26N4O2. The number of aryl methyl sites for hydroxylation is 1. The third-order valence-corrected chi connectivity index (χ3v) is 3.82. The highest BCUT2D eigenvalue weighted by Gasteiger charge is 2.26. The summed E-state index contributed by atoms with van der Waals surface area (Å²) in [4.78, 5) is 4.64. The molecule has 114 valence electrons. The Morgan fingerprint density at radius 3 is 2.25 bits per heavy atom. The average Bonchev–Trinajstić information content (AvgIpc) is 2.76. The molecule has 1 aromatic rings. The highest BCUT2D eigenvalue weighted by molar-refractivity contribution is 4.83. The Morgan fingerprint density at radius 1 is 1.15 bits per heavy atom. The molecule has 0 radical (unpaired) electrons. The third kappa shape index (κ3) is 4.26. The van der Waals surface area contributed by atoms with Crippen molar-refractivity contribution in [3.05, 3.63) is 11.8 Å². The van der Waals surface area contributed by atoms with Crippen molar-refractivity contribution in [2.75, 3.05) is 32.7 Å². The molecule has 0 aromatic carbocycles. The molecule has 0 saturated carbocycles. The molecule has 0 aliphatic carbocycles. The molecule has 0 amide bonds. The molecular weight excluding hydrogens is 256 g/mol. The lowest BCUT2D eigenvalue weighted by Crippen LogP contribution is -2.49. The Labute approximate surface area is 120 Å². The van der Waals surface area contributed by atoms with Crippen LogP contribution in [0, 0.1) is 12.3 Å². The molecule has 1 aliphatic rings. The molecule has 0 unspecified atom stereocenters. The van der Waals surface area contributed by atoms with Crippen LogP contribution in [0.25, 0.3) is 0 Å². The van der Waals surface area contributed by atoms with E-state index in [0.717, 1.165) is 39.3 Å². The number of aliphatic hydroxyl groups is 1. The second-order valence-corrected chi connectivity index (χ2v) is 6.67. The zero-order chi connectivity index (χ0) is 14.8. The minimum atomic E-state index is -0.285. The summed E-state index contributed by atoms with van der Waals surface area (Å²) in [6, 6.07) is 0. The van der Waals surface area contributed by atoms with E-state index in [4.69, 9.17) is 4.42 Å². The van der Waals surface area contributed by atoms with E-state index in [1.54, 1.807) is 0 Å². The van der Waals surface area contributed by atoms with Gasteiger partial charge in [0.15, 0.2) is 0 Å². The van der Waals surface area contributed by atoms with Gasteiger partial charge in [0.2, 0.25) is 11.8 Å². The summed E-state index contributed by atoms with van der Waals surface area (Å²) in [5, 5.41) is 18.0. The van der Waals surface area contributed by atoms with Crippen LogP contribution in [0.2, 0.25) is 0 Å². The maximum Gasteiger partial charge on any atom is 0.230 e. The number of aromatic nitrogens is 2. The summed E-state index contributed by atoms with van der Waals surface area (Å²) in [7, 11) is 0. The number of hydrogen-bond donors (Lipinski definition) is 1. The molecule has 0 spiro atoms. The zero-order valence-electron chi connectivity index (χ0n) is 13.0. The minimum absolute atomic E-state index is 0.0571. The van der Waals surface area contributed by atoms with Crippen LogP contribution in [0.15, 0.2) is 4.42 Å². The number of rotatable bonds is 4. The summed E-state index contributed by atoms with van der Waals surface area (Å²) in [6.07, 6.45) is -0.285. The van der Waals surface area contributed by atoms with Crippen molar-refractivity contribution in [3.8, 4) is 0 Å². The Balaban J connectivity index is 1.75. The number of piperazine rings is 1. The van der Waals surface area contributed by atoms with Gasteiger partial charge >= 0.3 is 0 Å². The van der Waals surface area contributed by atoms with E-state index in [2.05, 4.69) is 40.8 Å². The fourth-order valence-electron chi connectivity index (χ4n) is 2.24. The highest BCUT2D eigenvalue weighted by atomic mass is 16.4. The Bertz CT molecular complexity index is 419. The van der Waals surface area contributed by atoms with Crippen LogP contribution in [-0.4, -0.2) is 63.9 Å². The molecule has 1 atom stereocenters. The molecule has 1 fully saturated rings. The largest absolute Gasteiger partial charge is 0.424 e. The predicted molar refractivity (Wildman–Crippen MR) is 76.2 cm³/mol. The molecule has 6 heteroatoms. The lowest BCUT2D eigenvalue weighted by Gasteiger charge is -2.37. The fraction of sp³-hybridized carbons (Fsp3) is 0.857. The Morgan fingerprint density at radius 2 is 1.75 bits per heavy atom. The van der Waals surface area contributed by atoms with Gasteiger partial charge in [-0.15, -0.1) is 10.2 Å². The van der Waals surface area contributed by atoms with Gasteiger partial charge in [-0.1, -0.05) is 20.8 Å². The highest BCUT2D eigenvalue weighted by Crippen LogP contribution is 2.20. The van der Waals surface area contributed by atoms with Crippen LogP contribution in [0.3, 0.4) is 0 Å². The van der Waals surface area contributed by atoms with E-state index in [-0.39, 0.29) is 11.5 Å². The van der Waals surface area contributed by atoms with Crippen LogP contribution < -0.4 is 0 Å². The van der Waals surface area contributed by atoms with Crippen molar-refractivity contribution in [3.63, 3.8) is 0 Å². The quantitative estimate of drug-likeness (QED) is 0.885. The molecule has 0 bridgehead atoms. The second kappa shape index (κ2) is 6.20. The number of aliphatic hydroxyl groups excluding tert-OH is 1. The second-order valence-electron chi connectivity index (χ2n) is 6.67. The first-order valence-electron chi connectivity index (χ1n) is 7.26. The Hall–Kier alpha value is -0.980. The first-order valence-corrected chi connectivity index (χ1v) is 7.26. The van der Waals surface area contributed by atoms with Crippen molar-refractivity contribution >= 4 is 0 Å². The van der Waals surface area contributed by atoms with Gasteiger partial charge in [0.05, 0.1) is 12.6 Å². The normalized spacial score (nSPS) is 20.2. The number of β-amino-alcohol motifs (C(OH)–C–C–N with tert-alkyl or cyclic N) is 1. The van der Waals surface area contributed by atoms with Gasteiger partial charge in [-0.2, -0.15) is 0 Å². The van der Waals surface area contributed by atoms with Crippen molar-refractivity contribution in [2.24, 2.45) is 5.41 Å². The molecule has 2 rings (SSSR count). The predicted octanol–water partition coefficient (Wildman–Crippen LogP) is 0.903. The first-order chi connectivity index (χ1) is 9.34. The van der Waals surface area contributed by atoms with Crippen LogP contribution in [-0.2, 0) is 6.54 Å². The maximum absolute atomic E-state index is 10.2. The zero-order valence-corrected chi connectivity index (χ0v) is 13.0. The van der Waals surface area contributed by atoms with Crippen molar-refractivity contribution in [1.29, 1.82) is 0 Å². The summed E-state index contributed by atoms with van der Waals surface area (Å²) >= 11 is 0. The molecule has 1 saturated heterocycles. The summed E-state index contributed by atoms with van der Waals surface area (Å²) in [5.41, 5.74) is -0.0571. The van der Waals surface area contributed by atoms with Crippen LogP contribution in [0.1, 0.15) is 32.6 Å². The van der Waals surface area contributed by atoms with E-state index < -0.39 is 0 Å². The van der Waals surface area contributed by atoms with Gasteiger partial charge in [0.25, 0.3) is 0 Å². The van der Waals surface area contributed by atoms with Gasteiger partial charge in [-0.05, 0) is 5.41 Å². The van der Waals surface area contributed by atoms with E-state index in [1.165, 1.54) is 0 Å². The van der Waals surface area contributed by atoms with Gasteiger partial charge in [0.1, 0.15) is 0 Å². The van der Waals surface area contributed by atoms with E-state index in [1.807, 2.05) is 6.92 Å². The average molecular weight is 282 g/mol. The Kier molecular flexibility index (Phi) is 4.78. The van der Waals surface area contributed by atoms with Gasteiger partial charge in [-0.25, -0.2) is 0 Å². The van der Waals surface area contributed by atoms with E-state index in [9.17, 15) is 5.11 Å². The topological polar surface area (TPSA) is 65.6 Å². The van der Waals surface area contributed by atoms with Gasteiger partial charge in [-0.3, -0.25) is 9.80 Å². The standard InChI is InChI=1S/C14H26N4O2/c1-11-15-16-13(20-11)10-18-7-5-17(6-8-18)9-12(19)14(2,3)4/h12,19H,5-10H2,1-4H3/t12-/m0/s1. The van der Waals surface area contributed by atoms with Crippen LogP contribution in [0.5, 0.6) is 0 Å². The maximum atomic E-state index is 10.2. The fourth-order valence-corrected chi connectivity index (χ4v) is 2.24. The molecule has 1 N–H and O–H groups in total. The lowest BCUT2D eigenvalue weighted by molar-refractivity contribution is 0.0116. The van der Waals surface area contributed by atoms with Gasteiger partial charge in [0, 0.05) is 39.6 Å². The molecule has 1 aromatic heterocycles. The lowest BCUT2D eigenvalue weighted by atomic mass is 9.89. The molecule has 2 heterocycles. The molecule has 1 aliphatic heterocycles. The SMILES string of the molecule is Cc1nnc(CN2CCN(C[C@H](O)C(C)(C)C)CC2)o1. The van der Waals surface area contributed by atoms with Crippen molar-refractivity contribution in [1.82, 2.24) is 20.0 Å². The summed E-state index contributed by atoms with van der Waals surface area (Å²) in [5.74, 6) is 1.30. The summed E-state index contributed by atoms with van der Waals surface area (Å²) < 4.78 is 5.40. The van der Waals surface area contributed by atoms with E-state index >= 15 is 0 Å². The smallest absolute Gasteiger partial charge is 0.230 e.